The molecule has 0 amide bonds. The van der Waals surface area contributed by atoms with Gasteiger partial charge in [-0.2, -0.15) is 0 Å². The third kappa shape index (κ3) is 6.35. The van der Waals surface area contributed by atoms with Gasteiger partial charge in [0, 0.05) is 35.2 Å². The van der Waals surface area contributed by atoms with E-state index in [1.54, 1.807) is 7.11 Å². The van der Waals surface area contributed by atoms with Gasteiger partial charge in [-0.15, -0.1) is 0 Å². The van der Waals surface area contributed by atoms with Gasteiger partial charge in [0.05, 0.1) is 13.8 Å². The molecule has 3 aromatic rings. The highest BCUT2D eigenvalue weighted by Crippen LogP contribution is 2.43. The third-order valence-electron chi connectivity index (χ3n) is 7.66. The van der Waals surface area contributed by atoms with Crippen molar-refractivity contribution in [2.45, 2.75) is 38.2 Å². The number of hydrogen-bond donors (Lipinski definition) is 0. The number of likely N-dealkylation sites (tertiary alicyclic amines) is 1. The van der Waals surface area contributed by atoms with Crippen LogP contribution in [0.2, 0.25) is 10.0 Å². The second-order valence-corrected chi connectivity index (χ2v) is 11.1. The van der Waals surface area contributed by atoms with E-state index in [1.165, 1.54) is 22.3 Å². The Labute approximate surface area is 240 Å². The number of allylic oxidation sites excluding steroid dienone is 1. The minimum absolute atomic E-state index is 0.129. The van der Waals surface area contributed by atoms with E-state index in [0.29, 0.717) is 22.2 Å². The van der Waals surface area contributed by atoms with Crippen molar-refractivity contribution in [3.05, 3.63) is 105 Å². The van der Waals surface area contributed by atoms with Gasteiger partial charge in [0.1, 0.15) is 17.6 Å². The molecule has 0 radical (unpaired) electrons. The fraction of sp³-hybridized carbons (Fsp3) is 0.333. The van der Waals surface area contributed by atoms with Gasteiger partial charge in [-0.05, 0) is 95.8 Å². The third-order valence-corrected chi connectivity index (χ3v) is 8.20. The second-order valence-electron chi connectivity index (χ2n) is 10.2. The number of halogens is 3. The molecule has 0 saturated carbocycles. The van der Waals surface area contributed by atoms with Gasteiger partial charge in [0.15, 0.2) is 0 Å². The van der Waals surface area contributed by atoms with Gasteiger partial charge < -0.3 is 9.47 Å². The van der Waals surface area contributed by atoms with Crippen LogP contribution in [-0.4, -0.2) is 44.4 Å². The molecule has 3 aromatic carbocycles. The summed E-state index contributed by atoms with van der Waals surface area (Å²) in [6.45, 7) is 6.36. The van der Waals surface area contributed by atoms with E-state index in [-0.39, 0.29) is 12.8 Å². The van der Waals surface area contributed by atoms with Gasteiger partial charge >= 0.3 is 0 Å². The standard InChI is InChI=1S/C33H34Cl2FNO2/c1-22(38-2)24-9-13-29-25(19-24)5-3-6-31(30-14-10-26(34)20-32(30)35)33(29)23-7-11-27(12-8-23)39-28-15-18-37(21-28)17-4-16-36/h7-14,19-20,28H,1,3-6,15-18,21H2,2H3/t28-/m0/s1. The minimum Gasteiger partial charge on any atom is -0.497 e. The van der Waals surface area contributed by atoms with E-state index in [0.717, 1.165) is 67.8 Å². The highest BCUT2D eigenvalue weighted by Gasteiger charge is 2.25. The van der Waals surface area contributed by atoms with Crippen LogP contribution in [0.3, 0.4) is 0 Å². The van der Waals surface area contributed by atoms with Crippen molar-refractivity contribution >= 4 is 40.1 Å². The first kappa shape index (κ1) is 27.8. The molecular weight excluding hydrogens is 532 g/mol. The van der Waals surface area contributed by atoms with Crippen molar-refractivity contribution in [3.8, 4) is 5.75 Å². The van der Waals surface area contributed by atoms with Crippen LogP contribution < -0.4 is 4.74 Å². The molecule has 1 heterocycles. The SMILES string of the molecule is C=C(OC)c1ccc2c(c1)CCCC(c1ccc(Cl)cc1Cl)=C2c1ccc(O[C@H]2CCN(CCCF)C2)cc1. The maximum absolute atomic E-state index is 12.6. The Hall–Kier alpha value is -2.79. The van der Waals surface area contributed by atoms with Crippen LogP contribution in [0, 0.1) is 0 Å². The smallest absolute Gasteiger partial charge is 0.119 e. The van der Waals surface area contributed by atoms with E-state index in [4.69, 9.17) is 32.7 Å². The first-order valence-corrected chi connectivity index (χ1v) is 14.3. The summed E-state index contributed by atoms with van der Waals surface area (Å²) < 4.78 is 24.3. The highest BCUT2D eigenvalue weighted by molar-refractivity contribution is 6.36. The lowest BCUT2D eigenvalue weighted by atomic mass is 9.87. The number of hydrogen-bond acceptors (Lipinski definition) is 3. The van der Waals surface area contributed by atoms with Crippen LogP contribution in [0.15, 0.2) is 67.2 Å². The van der Waals surface area contributed by atoms with Crippen LogP contribution in [0.5, 0.6) is 5.75 Å². The molecule has 204 valence electrons. The molecule has 0 N–H and O–H groups in total. The summed E-state index contributed by atoms with van der Waals surface area (Å²) in [4.78, 5) is 2.28. The molecule has 1 atom stereocenters. The van der Waals surface area contributed by atoms with E-state index in [9.17, 15) is 4.39 Å². The van der Waals surface area contributed by atoms with Crippen LogP contribution in [0.25, 0.3) is 16.9 Å². The van der Waals surface area contributed by atoms with Crippen LogP contribution in [0.1, 0.15) is 53.5 Å². The summed E-state index contributed by atoms with van der Waals surface area (Å²) in [5, 5.41) is 1.28. The number of methoxy groups -OCH3 is 1. The maximum atomic E-state index is 12.6. The van der Waals surface area contributed by atoms with Gasteiger partial charge in [-0.3, -0.25) is 9.29 Å². The van der Waals surface area contributed by atoms with E-state index in [1.807, 2.05) is 18.2 Å². The fourth-order valence-corrected chi connectivity index (χ4v) is 6.21. The van der Waals surface area contributed by atoms with E-state index in [2.05, 4.69) is 53.9 Å². The van der Waals surface area contributed by atoms with Crippen molar-refractivity contribution in [1.82, 2.24) is 4.90 Å². The molecule has 39 heavy (non-hydrogen) atoms. The maximum Gasteiger partial charge on any atom is 0.119 e. The molecular formula is C33H34Cl2FNO2. The zero-order chi connectivity index (χ0) is 27.4. The number of ether oxygens (including phenoxy) is 2. The molecule has 2 aliphatic rings. The average Bonchev–Trinajstić information content (AvgIpc) is 3.30. The first-order valence-electron chi connectivity index (χ1n) is 13.6. The topological polar surface area (TPSA) is 21.7 Å². The zero-order valence-corrected chi connectivity index (χ0v) is 23.8. The lowest BCUT2D eigenvalue weighted by Crippen LogP contribution is -2.26. The lowest BCUT2D eigenvalue weighted by molar-refractivity contribution is 0.198. The number of nitrogens with zero attached hydrogens (tertiary/aromatic N) is 1. The molecule has 0 spiro atoms. The van der Waals surface area contributed by atoms with Crippen molar-refractivity contribution in [2.24, 2.45) is 0 Å². The fourth-order valence-electron chi connectivity index (χ4n) is 5.68. The van der Waals surface area contributed by atoms with E-state index >= 15 is 0 Å². The Morgan fingerprint density at radius 2 is 1.82 bits per heavy atom. The minimum atomic E-state index is -0.270. The molecule has 0 aromatic heterocycles. The Balaban J connectivity index is 1.51. The number of aryl methyl sites for hydroxylation is 1. The molecule has 1 aliphatic heterocycles. The Kier molecular flexibility index (Phi) is 8.96. The summed E-state index contributed by atoms with van der Waals surface area (Å²) in [6, 6.07) is 20.6. The largest absolute Gasteiger partial charge is 0.497 e. The molecule has 0 unspecified atom stereocenters. The Morgan fingerprint density at radius 3 is 2.56 bits per heavy atom. The summed E-state index contributed by atoms with van der Waals surface area (Å²) in [6.07, 6.45) is 4.50. The summed E-state index contributed by atoms with van der Waals surface area (Å²) in [7, 11) is 1.65. The van der Waals surface area contributed by atoms with Crippen molar-refractivity contribution in [2.75, 3.05) is 33.4 Å². The van der Waals surface area contributed by atoms with Crippen molar-refractivity contribution in [1.29, 1.82) is 0 Å². The molecule has 1 aliphatic carbocycles. The van der Waals surface area contributed by atoms with Gasteiger partial charge in [-0.25, -0.2) is 0 Å². The van der Waals surface area contributed by atoms with Gasteiger partial charge in [-0.1, -0.05) is 60.1 Å². The number of benzene rings is 3. The van der Waals surface area contributed by atoms with Crippen LogP contribution in [-0.2, 0) is 11.2 Å². The predicted octanol–water partition coefficient (Wildman–Crippen LogP) is 8.72. The average molecular weight is 567 g/mol. The quantitative estimate of drug-likeness (QED) is 0.242. The van der Waals surface area contributed by atoms with Crippen molar-refractivity contribution < 1.29 is 13.9 Å². The van der Waals surface area contributed by atoms with Gasteiger partial charge in [0.2, 0.25) is 0 Å². The molecule has 1 saturated heterocycles. The first-order chi connectivity index (χ1) is 19.0. The highest BCUT2D eigenvalue weighted by atomic mass is 35.5. The predicted molar refractivity (Wildman–Crippen MR) is 160 cm³/mol. The number of rotatable bonds is 9. The number of alkyl halides is 1. The number of fused-ring (bicyclic) bond motifs is 1. The molecule has 6 heteroatoms. The second kappa shape index (κ2) is 12.6. The lowest BCUT2D eigenvalue weighted by Gasteiger charge is -2.19. The normalized spacial score (nSPS) is 17.6. The summed E-state index contributed by atoms with van der Waals surface area (Å²) in [5.41, 5.74) is 7.95. The van der Waals surface area contributed by atoms with Crippen LogP contribution in [0.4, 0.5) is 4.39 Å². The van der Waals surface area contributed by atoms with Gasteiger partial charge in [0.25, 0.3) is 0 Å². The molecule has 5 rings (SSSR count). The molecule has 1 fully saturated rings. The molecule has 0 bridgehead atoms. The zero-order valence-electron chi connectivity index (χ0n) is 22.3. The van der Waals surface area contributed by atoms with E-state index < -0.39 is 0 Å². The Bertz CT molecular complexity index is 1370. The monoisotopic (exact) mass is 565 g/mol. The summed E-state index contributed by atoms with van der Waals surface area (Å²) >= 11 is 13.0. The Morgan fingerprint density at radius 1 is 1.03 bits per heavy atom. The van der Waals surface area contributed by atoms with Crippen LogP contribution >= 0.6 is 23.2 Å². The van der Waals surface area contributed by atoms with Crippen molar-refractivity contribution in [3.63, 3.8) is 0 Å². The molecule has 3 nitrogen and oxygen atoms in total. The summed E-state index contributed by atoms with van der Waals surface area (Å²) in [5.74, 6) is 1.51.